The lowest BCUT2D eigenvalue weighted by atomic mass is 10.5. The van der Waals surface area contributed by atoms with E-state index in [0.717, 1.165) is 4.88 Å². The fourth-order valence-corrected chi connectivity index (χ4v) is 1.89. The van der Waals surface area contributed by atoms with Crippen LogP contribution in [0.3, 0.4) is 0 Å². The van der Waals surface area contributed by atoms with Crippen LogP contribution in [0.15, 0.2) is 17.5 Å². The molecule has 0 aliphatic rings. The molecule has 5 heteroatoms. The van der Waals surface area contributed by atoms with Crippen LogP contribution in [0.1, 0.15) is 4.88 Å². The van der Waals surface area contributed by atoms with Gasteiger partial charge < -0.3 is 0 Å². The van der Waals surface area contributed by atoms with Crippen molar-refractivity contribution in [2.75, 3.05) is 0 Å². The maximum absolute atomic E-state index is 11.6. The summed E-state index contributed by atoms with van der Waals surface area (Å²) >= 11 is 1.34. The van der Waals surface area contributed by atoms with Crippen molar-refractivity contribution in [1.29, 1.82) is 0 Å². The number of halogens is 3. The van der Waals surface area contributed by atoms with Gasteiger partial charge in [-0.25, -0.2) is 0 Å². The quantitative estimate of drug-likeness (QED) is 0.700. The largest absolute Gasteiger partial charge is 0.442 e. The molecule has 0 fully saturated rings. The highest BCUT2D eigenvalue weighted by Gasteiger charge is 2.27. The van der Waals surface area contributed by atoms with Crippen molar-refractivity contribution in [2.45, 2.75) is 11.3 Å². The molecule has 1 heterocycles. The van der Waals surface area contributed by atoms with Gasteiger partial charge in [-0.15, -0.1) is 11.3 Å². The smallest absolute Gasteiger partial charge is 0.160 e. The summed E-state index contributed by atoms with van der Waals surface area (Å²) < 4.78 is 34.8. The van der Waals surface area contributed by atoms with Gasteiger partial charge in [0.15, 0.2) is 0 Å². The van der Waals surface area contributed by atoms with Crippen LogP contribution in [-0.2, 0) is 5.75 Å². The van der Waals surface area contributed by atoms with Crippen molar-refractivity contribution in [3.05, 3.63) is 22.4 Å². The number of alkyl halides is 3. The standard InChI is InChI=1S/C6H5F3S2/c7-6(8,9)11-4-5-2-1-3-10-5/h1-3H,4H2. The predicted octanol–water partition coefficient (Wildman–Crippen LogP) is 3.50. The topological polar surface area (TPSA) is 0 Å². The van der Waals surface area contributed by atoms with Gasteiger partial charge in [0.2, 0.25) is 0 Å². The van der Waals surface area contributed by atoms with E-state index < -0.39 is 5.51 Å². The van der Waals surface area contributed by atoms with Gasteiger partial charge in [-0.2, -0.15) is 13.2 Å². The molecule has 0 saturated carbocycles. The average molecular weight is 198 g/mol. The second-order valence-corrected chi connectivity index (χ2v) is 3.89. The zero-order chi connectivity index (χ0) is 8.32. The van der Waals surface area contributed by atoms with Crippen LogP contribution in [0.2, 0.25) is 0 Å². The highest BCUT2D eigenvalue weighted by atomic mass is 32.2. The van der Waals surface area contributed by atoms with Gasteiger partial charge in [0.05, 0.1) is 0 Å². The third kappa shape index (κ3) is 3.67. The highest BCUT2D eigenvalue weighted by molar-refractivity contribution is 7.99. The number of thioether (sulfide) groups is 1. The summed E-state index contributed by atoms with van der Waals surface area (Å²) in [6.45, 7) is 0. The normalized spacial score (nSPS) is 11.9. The lowest BCUT2D eigenvalue weighted by molar-refractivity contribution is -0.0329. The lowest BCUT2D eigenvalue weighted by Crippen LogP contribution is -1.99. The maximum atomic E-state index is 11.6. The summed E-state index contributed by atoms with van der Waals surface area (Å²) in [5.41, 5.74) is -4.11. The molecule has 0 radical (unpaired) electrons. The molecule has 0 aliphatic heterocycles. The molecular formula is C6H5F3S2. The molecular weight excluding hydrogens is 193 g/mol. The zero-order valence-electron chi connectivity index (χ0n) is 5.39. The van der Waals surface area contributed by atoms with Gasteiger partial charge >= 0.3 is 5.51 Å². The Balaban J connectivity index is 2.35. The van der Waals surface area contributed by atoms with Gasteiger partial charge in [-0.05, 0) is 23.2 Å². The summed E-state index contributed by atoms with van der Waals surface area (Å²) in [6.07, 6.45) is 0. The van der Waals surface area contributed by atoms with Gasteiger partial charge in [-0.1, -0.05) is 6.07 Å². The van der Waals surface area contributed by atoms with E-state index in [0.29, 0.717) is 0 Å². The average Bonchev–Trinajstić information content (AvgIpc) is 2.32. The molecule has 1 aromatic rings. The van der Waals surface area contributed by atoms with E-state index in [-0.39, 0.29) is 17.5 Å². The molecule has 0 spiro atoms. The molecule has 0 saturated heterocycles. The minimum absolute atomic E-state index is 0.00171. The number of rotatable bonds is 2. The molecule has 0 atom stereocenters. The van der Waals surface area contributed by atoms with E-state index in [1.807, 2.05) is 0 Å². The SMILES string of the molecule is FC(F)(F)SCc1cccs1. The van der Waals surface area contributed by atoms with Gasteiger partial charge in [-0.3, -0.25) is 0 Å². The molecule has 11 heavy (non-hydrogen) atoms. The molecule has 0 aliphatic carbocycles. The third-order valence-electron chi connectivity index (χ3n) is 0.958. The van der Waals surface area contributed by atoms with Crippen molar-refractivity contribution >= 4 is 23.1 Å². The van der Waals surface area contributed by atoms with Gasteiger partial charge in [0.25, 0.3) is 0 Å². The Morgan fingerprint density at radius 3 is 2.64 bits per heavy atom. The van der Waals surface area contributed by atoms with Crippen LogP contribution < -0.4 is 0 Å². The van der Waals surface area contributed by atoms with E-state index in [2.05, 4.69) is 0 Å². The highest BCUT2D eigenvalue weighted by Crippen LogP contribution is 2.33. The minimum atomic E-state index is -4.11. The van der Waals surface area contributed by atoms with Crippen molar-refractivity contribution in [1.82, 2.24) is 0 Å². The van der Waals surface area contributed by atoms with Gasteiger partial charge in [0, 0.05) is 10.6 Å². The monoisotopic (exact) mass is 198 g/mol. The lowest BCUT2D eigenvalue weighted by Gasteiger charge is -2.02. The van der Waals surface area contributed by atoms with Crippen molar-refractivity contribution in [3.63, 3.8) is 0 Å². The molecule has 1 rings (SSSR count). The fraction of sp³-hybridized carbons (Fsp3) is 0.333. The number of thiophene rings is 1. The third-order valence-corrected chi connectivity index (χ3v) is 2.80. The second kappa shape index (κ2) is 3.49. The van der Waals surface area contributed by atoms with Crippen LogP contribution in [0.4, 0.5) is 13.2 Å². The van der Waals surface area contributed by atoms with E-state index in [4.69, 9.17) is 0 Å². The Morgan fingerprint density at radius 1 is 1.45 bits per heavy atom. The Labute approximate surface area is 70.4 Å². The summed E-state index contributed by atoms with van der Waals surface area (Å²) in [5.74, 6) is 0.0289. The predicted molar refractivity (Wildman–Crippen MR) is 41.7 cm³/mol. The Morgan fingerprint density at radius 2 is 2.18 bits per heavy atom. The van der Waals surface area contributed by atoms with E-state index >= 15 is 0 Å². The number of hydrogen-bond acceptors (Lipinski definition) is 2. The minimum Gasteiger partial charge on any atom is -0.160 e. The first kappa shape index (κ1) is 8.93. The fourth-order valence-electron chi connectivity index (χ4n) is 0.548. The summed E-state index contributed by atoms with van der Waals surface area (Å²) in [4.78, 5) is 0.757. The molecule has 0 unspecified atom stereocenters. The summed E-state index contributed by atoms with van der Waals surface area (Å²) in [7, 11) is 0. The van der Waals surface area contributed by atoms with E-state index in [1.54, 1.807) is 17.5 Å². The van der Waals surface area contributed by atoms with Crippen molar-refractivity contribution < 1.29 is 13.2 Å². The van der Waals surface area contributed by atoms with E-state index in [9.17, 15) is 13.2 Å². The van der Waals surface area contributed by atoms with Crippen LogP contribution in [-0.4, -0.2) is 5.51 Å². The maximum Gasteiger partial charge on any atom is 0.442 e. The Hall–Kier alpha value is -0.160. The molecule has 0 nitrogen and oxygen atoms in total. The zero-order valence-corrected chi connectivity index (χ0v) is 7.02. The Bertz CT molecular complexity index is 202. The first-order valence-corrected chi connectivity index (χ1v) is 4.67. The molecule has 0 aromatic carbocycles. The van der Waals surface area contributed by atoms with Crippen LogP contribution in [0, 0.1) is 0 Å². The second-order valence-electron chi connectivity index (χ2n) is 1.81. The molecule has 62 valence electrons. The van der Waals surface area contributed by atoms with E-state index in [1.165, 1.54) is 11.3 Å². The molecule has 1 aromatic heterocycles. The number of hydrogen-bond donors (Lipinski definition) is 0. The van der Waals surface area contributed by atoms with Crippen molar-refractivity contribution in [2.24, 2.45) is 0 Å². The Kier molecular flexibility index (Phi) is 2.84. The van der Waals surface area contributed by atoms with Crippen molar-refractivity contribution in [3.8, 4) is 0 Å². The molecule has 0 amide bonds. The van der Waals surface area contributed by atoms with Crippen LogP contribution >= 0.6 is 23.1 Å². The molecule has 0 bridgehead atoms. The first-order valence-electron chi connectivity index (χ1n) is 2.81. The summed E-state index contributed by atoms with van der Waals surface area (Å²) in [6, 6.07) is 3.44. The van der Waals surface area contributed by atoms with Crippen LogP contribution in [0.5, 0.6) is 0 Å². The molecule has 0 N–H and O–H groups in total. The summed E-state index contributed by atoms with van der Waals surface area (Å²) in [5, 5.41) is 1.77. The van der Waals surface area contributed by atoms with Gasteiger partial charge in [0.1, 0.15) is 0 Å². The first-order chi connectivity index (χ1) is 5.08. The van der Waals surface area contributed by atoms with Crippen LogP contribution in [0.25, 0.3) is 0 Å².